The maximum atomic E-state index is 12.7. The second-order valence-corrected chi connectivity index (χ2v) is 9.64. The van der Waals surface area contributed by atoms with Crippen LogP contribution in [0.2, 0.25) is 10.0 Å². The van der Waals surface area contributed by atoms with E-state index in [1.54, 1.807) is 18.2 Å². The summed E-state index contributed by atoms with van der Waals surface area (Å²) < 4.78 is 6.68. The maximum absolute atomic E-state index is 12.7. The molecule has 9 heteroatoms. The van der Waals surface area contributed by atoms with Crippen molar-refractivity contribution in [1.29, 1.82) is 0 Å². The monoisotopic (exact) mass is 511 g/mol. The highest BCUT2D eigenvalue weighted by atomic mass is 35.5. The van der Waals surface area contributed by atoms with E-state index in [0.717, 1.165) is 32.3 Å². The van der Waals surface area contributed by atoms with Gasteiger partial charge in [0.05, 0.1) is 5.02 Å². The van der Waals surface area contributed by atoms with E-state index in [-0.39, 0.29) is 11.0 Å². The van der Waals surface area contributed by atoms with Crippen LogP contribution in [0.4, 0.5) is 5.69 Å². The number of oxazole rings is 1. The summed E-state index contributed by atoms with van der Waals surface area (Å²) in [6.45, 7) is 2.01. The fraction of sp³-hybridized carbons (Fsp3) is 0.0417. The van der Waals surface area contributed by atoms with Gasteiger partial charge in [0.15, 0.2) is 10.7 Å². The van der Waals surface area contributed by atoms with Crippen LogP contribution >= 0.6 is 46.8 Å². The molecule has 0 saturated heterocycles. The number of halogens is 2. The molecule has 5 nitrogen and oxygen atoms in total. The summed E-state index contributed by atoms with van der Waals surface area (Å²) in [7, 11) is 0. The number of nitrogens with zero attached hydrogens (tertiary/aromatic N) is 1. The Morgan fingerprint density at radius 2 is 1.85 bits per heavy atom. The Kier molecular flexibility index (Phi) is 5.80. The number of aromatic nitrogens is 1. The lowest BCUT2D eigenvalue weighted by atomic mass is 10.2. The standard InChI is InChI=1S/C24H15Cl2N3O2S2/c1-12-2-9-18-17(10-12)28-23(31-18)13-3-6-15(7-4-13)27-24(32)29-22(30)21-20(26)16-8-5-14(25)11-19(16)33-21/h2-11H,1H3,(H2,27,29,30,32). The zero-order valence-corrected chi connectivity index (χ0v) is 20.3. The van der Waals surface area contributed by atoms with Crippen molar-refractivity contribution in [2.45, 2.75) is 6.92 Å². The van der Waals surface area contributed by atoms with Crippen LogP contribution in [0.3, 0.4) is 0 Å². The Bertz CT molecular complexity index is 1540. The van der Waals surface area contributed by atoms with E-state index in [2.05, 4.69) is 15.6 Å². The van der Waals surface area contributed by atoms with Gasteiger partial charge >= 0.3 is 0 Å². The second kappa shape index (κ2) is 8.76. The van der Waals surface area contributed by atoms with Crippen LogP contribution < -0.4 is 10.6 Å². The van der Waals surface area contributed by atoms with Crippen LogP contribution in [0, 0.1) is 6.92 Å². The number of rotatable bonds is 3. The Balaban J connectivity index is 1.28. The number of hydrogen-bond acceptors (Lipinski definition) is 5. The van der Waals surface area contributed by atoms with Crippen LogP contribution in [0.5, 0.6) is 0 Å². The Morgan fingerprint density at radius 3 is 2.64 bits per heavy atom. The van der Waals surface area contributed by atoms with E-state index < -0.39 is 0 Å². The van der Waals surface area contributed by atoms with Crippen LogP contribution in [-0.4, -0.2) is 16.0 Å². The number of fused-ring (bicyclic) bond motifs is 2. The summed E-state index contributed by atoms with van der Waals surface area (Å²) in [6.07, 6.45) is 0. The predicted octanol–water partition coefficient (Wildman–Crippen LogP) is 7.45. The number of thiophene rings is 1. The average Bonchev–Trinajstić information content (AvgIpc) is 3.34. The number of hydrogen-bond donors (Lipinski definition) is 2. The van der Waals surface area contributed by atoms with E-state index in [9.17, 15) is 4.79 Å². The number of amides is 1. The van der Waals surface area contributed by atoms with Gasteiger partial charge in [0.2, 0.25) is 5.89 Å². The summed E-state index contributed by atoms with van der Waals surface area (Å²) in [5, 5.41) is 7.59. The smallest absolute Gasteiger partial charge is 0.269 e. The zero-order valence-electron chi connectivity index (χ0n) is 17.1. The zero-order chi connectivity index (χ0) is 23.1. The molecular weight excluding hydrogens is 497 g/mol. The van der Waals surface area contributed by atoms with Crippen molar-refractivity contribution in [1.82, 2.24) is 10.3 Å². The second-order valence-electron chi connectivity index (χ2n) is 7.36. The molecule has 0 saturated carbocycles. The van der Waals surface area contributed by atoms with Crippen molar-refractivity contribution in [3.05, 3.63) is 81.1 Å². The fourth-order valence-corrected chi connectivity index (χ4v) is 5.26. The van der Waals surface area contributed by atoms with Crippen molar-refractivity contribution < 1.29 is 9.21 Å². The molecule has 0 aliphatic rings. The molecule has 0 radical (unpaired) electrons. The summed E-state index contributed by atoms with van der Waals surface area (Å²) >= 11 is 19.0. The number of thiocarbonyl (C=S) groups is 1. The lowest BCUT2D eigenvalue weighted by Gasteiger charge is -2.09. The summed E-state index contributed by atoms with van der Waals surface area (Å²) in [5.41, 5.74) is 4.23. The molecule has 0 aliphatic heterocycles. The largest absolute Gasteiger partial charge is 0.436 e. The molecule has 0 atom stereocenters. The minimum atomic E-state index is -0.381. The minimum absolute atomic E-state index is 0.164. The van der Waals surface area contributed by atoms with Gasteiger partial charge < -0.3 is 9.73 Å². The van der Waals surface area contributed by atoms with Gasteiger partial charge in [-0.05, 0) is 73.2 Å². The first kappa shape index (κ1) is 21.9. The molecule has 2 N–H and O–H groups in total. The average molecular weight is 512 g/mol. The fourth-order valence-electron chi connectivity index (χ4n) is 3.36. The molecule has 2 heterocycles. The number of nitrogens with one attached hydrogen (secondary N) is 2. The Labute approximate surface area is 208 Å². The molecule has 0 spiro atoms. The van der Waals surface area contributed by atoms with Gasteiger partial charge in [0.1, 0.15) is 10.4 Å². The molecule has 5 aromatic rings. The quantitative estimate of drug-likeness (QED) is 0.246. The van der Waals surface area contributed by atoms with Crippen LogP contribution in [-0.2, 0) is 0 Å². The number of carbonyl (C=O) groups is 1. The lowest BCUT2D eigenvalue weighted by molar-refractivity contribution is 0.0982. The Morgan fingerprint density at radius 1 is 1.06 bits per heavy atom. The van der Waals surface area contributed by atoms with E-state index in [0.29, 0.717) is 26.5 Å². The molecule has 5 rings (SSSR count). The molecule has 1 amide bonds. The molecule has 0 aliphatic carbocycles. The highest BCUT2D eigenvalue weighted by Gasteiger charge is 2.18. The lowest BCUT2D eigenvalue weighted by Crippen LogP contribution is -2.33. The molecule has 2 aromatic heterocycles. The molecule has 0 unspecified atom stereocenters. The highest BCUT2D eigenvalue weighted by Crippen LogP contribution is 2.36. The van der Waals surface area contributed by atoms with Gasteiger partial charge in [0.25, 0.3) is 5.91 Å². The molecular formula is C24H15Cl2N3O2S2. The third-order valence-corrected chi connectivity index (χ3v) is 7.05. The van der Waals surface area contributed by atoms with Gasteiger partial charge in [-0.25, -0.2) is 4.98 Å². The van der Waals surface area contributed by atoms with Crippen molar-refractivity contribution in [3.63, 3.8) is 0 Å². The minimum Gasteiger partial charge on any atom is -0.436 e. The van der Waals surface area contributed by atoms with Crippen LogP contribution in [0.15, 0.2) is 65.1 Å². The number of aryl methyl sites for hydroxylation is 1. The normalized spacial score (nSPS) is 11.1. The Hall–Kier alpha value is -2.97. The number of benzene rings is 3. The van der Waals surface area contributed by atoms with Gasteiger partial charge in [-0.2, -0.15) is 0 Å². The first-order chi connectivity index (χ1) is 15.9. The molecule has 164 valence electrons. The van der Waals surface area contributed by atoms with Gasteiger partial charge in [-0.15, -0.1) is 11.3 Å². The summed E-state index contributed by atoms with van der Waals surface area (Å²) in [5.74, 6) is 0.158. The van der Waals surface area contributed by atoms with E-state index in [1.165, 1.54) is 11.3 Å². The molecule has 0 fully saturated rings. The first-order valence-electron chi connectivity index (χ1n) is 9.85. The van der Waals surface area contributed by atoms with Crippen molar-refractivity contribution >= 4 is 84.6 Å². The van der Waals surface area contributed by atoms with Gasteiger partial charge in [0, 0.05) is 26.4 Å². The van der Waals surface area contributed by atoms with E-state index in [1.807, 2.05) is 49.4 Å². The first-order valence-corrected chi connectivity index (χ1v) is 11.8. The topological polar surface area (TPSA) is 67.2 Å². The highest BCUT2D eigenvalue weighted by molar-refractivity contribution is 7.80. The van der Waals surface area contributed by atoms with E-state index >= 15 is 0 Å². The maximum Gasteiger partial charge on any atom is 0.269 e. The van der Waals surface area contributed by atoms with Crippen molar-refractivity contribution in [3.8, 4) is 11.5 Å². The predicted molar refractivity (Wildman–Crippen MR) is 140 cm³/mol. The third kappa shape index (κ3) is 4.45. The number of anilines is 1. The van der Waals surface area contributed by atoms with Crippen molar-refractivity contribution in [2.24, 2.45) is 0 Å². The van der Waals surface area contributed by atoms with E-state index in [4.69, 9.17) is 39.8 Å². The van der Waals surface area contributed by atoms with Crippen LogP contribution in [0.25, 0.3) is 32.6 Å². The molecule has 33 heavy (non-hydrogen) atoms. The summed E-state index contributed by atoms with van der Waals surface area (Å²) in [6, 6.07) is 18.6. The third-order valence-electron chi connectivity index (χ3n) is 4.96. The SMILES string of the molecule is Cc1ccc2oc(-c3ccc(NC(=S)NC(=O)c4sc5cc(Cl)ccc5c4Cl)cc3)nc2c1. The number of carbonyl (C=O) groups excluding carboxylic acids is 1. The molecule has 0 bridgehead atoms. The summed E-state index contributed by atoms with van der Waals surface area (Å²) in [4.78, 5) is 17.6. The van der Waals surface area contributed by atoms with Crippen molar-refractivity contribution in [2.75, 3.05) is 5.32 Å². The van der Waals surface area contributed by atoms with Crippen LogP contribution in [0.1, 0.15) is 15.2 Å². The van der Waals surface area contributed by atoms with Gasteiger partial charge in [-0.3, -0.25) is 10.1 Å². The molecule has 3 aromatic carbocycles. The van der Waals surface area contributed by atoms with Gasteiger partial charge in [-0.1, -0.05) is 35.3 Å².